The first-order valence-electron chi connectivity index (χ1n) is 12.5. The summed E-state index contributed by atoms with van der Waals surface area (Å²) in [7, 11) is -3.47. The molecule has 4 heterocycles. The van der Waals surface area contributed by atoms with E-state index in [-0.39, 0.29) is 46.2 Å². The lowest BCUT2D eigenvalue weighted by Crippen LogP contribution is -2.48. The van der Waals surface area contributed by atoms with Crippen molar-refractivity contribution in [3.8, 4) is 0 Å². The third-order valence-corrected chi connectivity index (χ3v) is 9.27. The fraction of sp³-hybridized carbons (Fsp3) is 0.417. The summed E-state index contributed by atoms with van der Waals surface area (Å²) in [5.41, 5.74) is 4.19. The highest BCUT2D eigenvalue weighted by molar-refractivity contribution is 7.74. The molecule has 1 amide bonds. The zero-order valence-corrected chi connectivity index (χ0v) is 23.1. The van der Waals surface area contributed by atoms with Gasteiger partial charge in [-0.15, -0.1) is 0 Å². The number of fused-ring (bicyclic) bond motifs is 1. The molecule has 0 aliphatic carbocycles. The number of amides is 1. The van der Waals surface area contributed by atoms with Crippen LogP contribution in [0.25, 0.3) is 10.8 Å². The van der Waals surface area contributed by atoms with Crippen LogP contribution in [0.3, 0.4) is 0 Å². The Kier molecular flexibility index (Phi) is 7.63. The minimum atomic E-state index is -4.88. The van der Waals surface area contributed by atoms with Crippen LogP contribution in [0.15, 0.2) is 30.6 Å². The highest BCUT2D eigenvalue weighted by atomic mass is 32.2. The summed E-state index contributed by atoms with van der Waals surface area (Å²) >= 11 is 0.778. The number of alkyl halides is 5. The molecule has 0 bridgehead atoms. The SMILES string of the molecule is Nc1nccc2cc(C[C@H](C(=O)O)N3CC[C@H](N(c4cnc(N5CCC(F)(F)C5)s4)[SH](=O)=O)C3=O)c(C(F)(F)F)cc12. The highest BCUT2D eigenvalue weighted by Crippen LogP contribution is 2.39. The summed E-state index contributed by atoms with van der Waals surface area (Å²) in [4.78, 5) is 35.7. The first-order chi connectivity index (χ1) is 19.7. The van der Waals surface area contributed by atoms with Crippen LogP contribution in [0, 0.1) is 0 Å². The van der Waals surface area contributed by atoms with Crippen LogP contribution in [-0.4, -0.2) is 77.9 Å². The molecule has 2 aliphatic rings. The zero-order valence-electron chi connectivity index (χ0n) is 21.4. The quantitative estimate of drug-likeness (QED) is 0.251. The average molecular weight is 635 g/mol. The van der Waals surface area contributed by atoms with Crippen LogP contribution in [0.4, 0.5) is 37.9 Å². The third kappa shape index (κ3) is 5.64. The Morgan fingerprint density at radius 3 is 2.62 bits per heavy atom. The number of carbonyl (C=O) groups excluding carboxylic acids is 1. The second-order valence-electron chi connectivity index (χ2n) is 9.91. The van der Waals surface area contributed by atoms with Gasteiger partial charge in [0.1, 0.15) is 22.9 Å². The number of nitrogens with zero attached hydrogens (tertiary/aromatic N) is 5. The fourth-order valence-corrected chi connectivity index (χ4v) is 7.12. The van der Waals surface area contributed by atoms with Gasteiger partial charge < -0.3 is 20.6 Å². The molecule has 0 spiro atoms. The fourth-order valence-electron chi connectivity index (χ4n) is 5.24. The van der Waals surface area contributed by atoms with Crippen molar-refractivity contribution in [2.75, 3.05) is 34.6 Å². The Morgan fingerprint density at radius 2 is 2.00 bits per heavy atom. The Hall–Kier alpha value is -3.80. The van der Waals surface area contributed by atoms with Gasteiger partial charge in [0.05, 0.1) is 18.3 Å². The molecular formula is C24H23F5N6O5S2. The van der Waals surface area contributed by atoms with Gasteiger partial charge in [-0.2, -0.15) is 13.2 Å². The Labute approximate surface area is 240 Å². The summed E-state index contributed by atoms with van der Waals surface area (Å²) in [5.74, 6) is -5.58. The van der Waals surface area contributed by atoms with E-state index in [0.717, 1.165) is 38.9 Å². The number of benzene rings is 1. The Balaban J connectivity index is 1.43. The molecule has 2 fully saturated rings. The Morgan fingerprint density at radius 1 is 1.26 bits per heavy atom. The minimum Gasteiger partial charge on any atom is -0.480 e. The number of rotatable bonds is 8. The summed E-state index contributed by atoms with van der Waals surface area (Å²) in [6, 6.07) is 0.187. The van der Waals surface area contributed by atoms with E-state index in [1.165, 1.54) is 17.2 Å². The molecule has 0 unspecified atom stereocenters. The number of carboxylic acids is 1. The molecule has 18 heteroatoms. The number of anilines is 3. The number of aromatic nitrogens is 2. The number of aliphatic carboxylic acids is 1. The second-order valence-corrected chi connectivity index (χ2v) is 11.8. The molecule has 11 nitrogen and oxygen atoms in total. The Bertz CT molecular complexity index is 1620. The maximum atomic E-state index is 14.0. The lowest BCUT2D eigenvalue weighted by atomic mass is 9.95. The number of thiol groups is 1. The predicted molar refractivity (Wildman–Crippen MR) is 143 cm³/mol. The van der Waals surface area contributed by atoms with Gasteiger partial charge in [-0.1, -0.05) is 17.4 Å². The van der Waals surface area contributed by atoms with Crippen molar-refractivity contribution in [2.24, 2.45) is 0 Å². The van der Waals surface area contributed by atoms with E-state index in [1.807, 2.05) is 0 Å². The highest BCUT2D eigenvalue weighted by Gasteiger charge is 2.45. The van der Waals surface area contributed by atoms with Crippen molar-refractivity contribution >= 4 is 60.8 Å². The molecule has 2 saturated heterocycles. The zero-order chi connectivity index (χ0) is 30.6. The summed E-state index contributed by atoms with van der Waals surface area (Å²) in [6.07, 6.45) is -3.75. The van der Waals surface area contributed by atoms with Crippen molar-refractivity contribution in [3.63, 3.8) is 0 Å². The molecule has 1 aromatic carbocycles. The number of nitrogen functional groups attached to an aromatic ring is 1. The molecule has 3 aromatic rings. The second kappa shape index (κ2) is 10.8. The number of likely N-dealkylation sites (tertiary alicyclic amines) is 1. The molecule has 42 heavy (non-hydrogen) atoms. The first-order valence-corrected chi connectivity index (χ1v) is 14.4. The van der Waals surface area contributed by atoms with Crippen LogP contribution in [-0.2, 0) is 33.1 Å². The van der Waals surface area contributed by atoms with Crippen LogP contribution >= 0.6 is 11.3 Å². The number of nitrogens with two attached hydrogens (primary N) is 1. The normalized spacial score (nSPS) is 19.7. The van der Waals surface area contributed by atoms with E-state index in [2.05, 4.69) is 9.97 Å². The topological polar surface area (TPSA) is 150 Å². The van der Waals surface area contributed by atoms with E-state index >= 15 is 0 Å². The predicted octanol–water partition coefficient (Wildman–Crippen LogP) is 2.77. The van der Waals surface area contributed by atoms with Crippen molar-refractivity contribution in [1.82, 2.24) is 14.9 Å². The number of hydrogen-bond acceptors (Lipinski definition) is 9. The van der Waals surface area contributed by atoms with Gasteiger partial charge in [0, 0.05) is 37.5 Å². The van der Waals surface area contributed by atoms with Gasteiger partial charge in [-0.25, -0.2) is 36.3 Å². The lowest BCUT2D eigenvalue weighted by Gasteiger charge is -2.27. The monoisotopic (exact) mass is 634 g/mol. The molecule has 3 N–H and O–H groups in total. The number of pyridine rings is 1. The standard InChI is InChI=1S/C24H23F5N6O5S2/c25-23(26)3-6-33(11-23)22-32-10-18(41-22)35(42(39)40)16-2-5-34(20(16)36)17(21(37)38)8-13-7-12-1-4-31-19(30)14(12)9-15(13)24(27,28)29/h1,4,7,9-10,16-17,42H,2-3,5-6,8,11H2,(H2,30,31)(H,37,38)/t16-,17+/m0/s1. The van der Waals surface area contributed by atoms with Crippen LogP contribution in [0.1, 0.15) is 24.0 Å². The molecule has 226 valence electrons. The van der Waals surface area contributed by atoms with Gasteiger partial charge in [-0.3, -0.25) is 4.79 Å². The van der Waals surface area contributed by atoms with Gasteiger partial charge in [-0.05, 0) is 29.5 Å². The molecule has 2 aliphatic heterocycles. The van der Waals surface area contributed by atoms with E-state index in [9.17, 15) is 45.1 Å². The summed E-state index contributed by atoms with van der Waals surface area (Å²) < 4.78 is 94.5. The molecule has 5 rings (SSSR count). The molecule has 2 atom stereocenters. The van der Waals surface area contributed by atoms with E-state index in [1.54, 1.807) is 0 Å². The minimum absolute atomic E-state index is 0.00230. The van der Waals surface area contributed by atoms with E-state index < -0.39 is 77.5 Å². The van der Waals surface area contributed by atoms with E-state index in [4.69, 9.17) is 5.73 Å². The van der Waals surface area contributed by atoms with Crippen molar-refractivity contribution in [1.29, 1.82) is 0 Å². The lowest BCUT2D eigenvalue weighted by molar-refractivity contribution is -0.149. The number of carbonyl (C=O) groups is 2. The van der Waals surface area contributed by atoms with Crippen molar-refractivity contribution < 1.29 is 45.1 Å². The van der Waals surface area contributed by atoms with Crippen LogP contribution < -0.4 is 14.9 Å². The van der Waals surface area contributed by atoms with Gasteiger partial charge in [0.25, 0.3) is 5.92 Å². The maximum Gasteiger partial charge on any atom is 0.416 e. The smallest absolute Gasteiger partial charge is 0.416 e. The number of halogens is 5. The molecule has 2 aromatic heterocycles. The third-order valence-electron chi connectivity index (χ3n) is 7.23. The first kappa shape index (κ1) is 29.7. The number of carboxylic acid groups (broad SMARTS) is 1. The van der Waals surface area contributed by atoms with E-state index in [0.29, 0.717) is 0 Å². The van der Waals surface area contributed by atoms with Gasteiger partial charge in [0.15, 0.2) is 5.13 Å². The number of thiazole rings is 1. The van der Waals surface area contributed by atoms with Crippen molar-refractivity contribution in [2.45, 2.75) is 43.4 Å². The largest absolute Gasteiger partial charge is 0.480 e. The van der Waals surface area contributed by atoms with Gasteiger partial charge >= 0.3 is 12.1 Å². The molecular weight excluding hydrogens is 611 g/mol. The van der Waals surface area contributed by atoms with Crippen LogP contribution in [0.2, 0.25) is 0 Å². The van der Waals surface area contributed by atoms with Gasteiger partial charge in [0.2, 0.25) is 16.8 Å². The van der Waals surface area contributed by atoms with Crippen LogP contribution in [0.5, 0.6) is 0 Å². The summed E-state index contributed by atoms with van der Waals surface area (Å²) in [6.45, 7) is -0.856. The molecule has 0 radical (unpaired) electrons. The number of hydrogen-bond donors (Lipinski definition) is 3. The summed E-state index contributed by atoms with van der Waals surface area (Å²) in [5, 5.41) is 10.4. The molecule has 0 saturated carbocycles. The average Bonchev–Trinajstić information content (AvgIpc) is 3.61. The van der Waals surface area contributed by atoms with Crippen molar-refractivity contribution in [3.05, 3.63) is 41.7 Å². The maximum absolute atomic E-state index is 14.0.